The van der Waals surface area contributed by atoms with E-state index in [0.29, 0.717) is 55.8 Å². The maximum atomic E-state index is 13.9. The highest BCUT2D eigenvalue weighted by Gasteiger charge is 2.51. The van der Waals surface area contributed by atoms with Crippen molar-refractivity contribution in [3.8, 4) is 0 Å². The van der Waals surface area contributed by atoms with Gasteiger partial charge < -0.3 is 67.2 Å². The van der Waals surface area contributed by atoms with E-state index >= 15 is 0 Å². The van der Waals surface area contributed by atoms with Crippen LogP contribution in [0, 0.1) is 0 Å². The minimum absolute atomic E-state index is 0.0710. The predicted molar refractivity (Wildman–Crippen MR) is 270 cm³/mol. The number of nitrogens with zero attached hydrogens (tertiary/aromatic N) is 4. The van der Waals surface area contributed by atoms with Gasteiger partial charge >= 0.3 is 0 Å². The number of pyridine rings is 1. The molecule has 2 aromatic carbocycles. The Morgan fingerprint density at radius 2 is 1.62 bits per heavy atom. The van der Waals surface area contributed by atoms with Crippen LogP contribution in [-0.2, 0) is 72.6 Å². The number of aliphatic hydroxyl groups excluding tert-OH is 1. The highest BCUT2D eigenvalue weighted by atomic mass is 16.5. The highest BCUT2D eigenvalue weighted by molar-refractivity contribution is 6.06. The Kier molecular flexibility index (Phi) is 20.9. The van der Waals surface area contributed by atoms with E-state index in [1.165, 1.54) is 0 Å². The van der Waals surface area contributed by atoms with Crippen molar-refractivity contribution >= 4 is 64.6 Å². The normalized spacial score (nSPS) is 14.7. The van der Waals surface area contributed by atoms with Gasteiger partial charge in [0, 0.05) is 62.3 Å². The maximum Gasteiger partial charge on any atom is 0.250 e. The van der Waals surface area contributed by atoms with E-state index in [2.05, 4.69) is 36.6 Å². The van der Waals surface area contributed by atoms with E-state index in [0.717, 1.165) is 34.4 Å². The molecule has 0 radical (unpaired) electrons. The van der Waals surface area contributed by atoms with Gasteiger partial charge in [-0.25, -0.2) is 4.99 Å². The van der Waals surface area contributed by atoms with Gasteiger partial charge in [-0.3, -0.25) is 38.5 Å². The van der Waals surface area contributed by atoms with Gasteiger partial charge in [-0.1, -0.05) is 49.4 Å². The van der Waals surface area contributed by atoms with Crippen LogP contribution in [-0.4, -0.2) is 159 Å². The molecule has 1 aromatic heterocycles. The van der Waals surface area contributed by atoms with Gasteiger partial charge in [0.1, 0.15) is 18.6 Å². The second kappa shape index (κ2) is 27.6. The van der Waals surface area contributed by atoms with Crippen LogP contribution in [0.5, 0.6) is 0 Å². The third-order valence-corrected chi connectivity index (χ3v) is 12.4. The number of ether oxygens (including phenoxy) is 3. The number of nitrogens with two attached hydrogens (primary N) is 2. The maximum absolute atomic E-state index is 13.9. The number of rotatable bonds is 28. The summed E-state index contributed by atoms with van der Waals surface area (Å²) in [5, 5.41) is 22.5. The van der Waals surface area contributed by atoms with Crippen molar-refractivity contribution in [3.63, 3.8) is 0 Å². The summed E-state index contributed by atoms with van der Waals surface area (Å²) in [5.74, 6) is -2.35. The highest BCUT2D eigenvalue weighted by Crippen LogP contribution is 2.50. The Bertz CT molecular complexity index is 2490. The molecule has 0 unspecified atom stereocenters. The van der Waals surface area contributed by atoms with Crippen molar-refractivity contribution in [2.45, 2.75) is 69.9 Å². The zero-order valence-corrected chi connectivity index (χ0v) is 41.3. The number of nitrogens with one attached hydrogen (secondary N) is 5. The summed E-state index contributed by atoms with van der Waals surface area (Å²) < 4.78 is 16.6. The van der Waals surface area contributed by atoms with E-state index in [1.807, 2.05) is 37.3 Å². The fourth-order valence-corrected chi connectivity index (χ4v) is 8.33. The monoisotopic (exact) mass is 1010 g/mol. The lowest BCUT2D eigenvalue weighted by Gasteiger charge is -2.29. The minimum atomic E-state index is -1.00. The topological polar surface area (TPSA) is 311 Å². The van der Waals surface area contributed by atoms with E-state index in [1.54, 1.807) is 46.3 Å². The van der Waals surface area contributed by atoms with Gasteiger partial charge in [-0.2, -0.15) is 0 Å². The third-order valence-electron chi connectivity index (χ3n) is 12.4. The second-order valence-electron chi connectivity index (χ2n) is 17.8. The number of benzene rings is 2. The summed E-state index contributed by atoms with van der Waals surface area (Å²) >= 11 is 0. The Balaban J connectivity index is 0.853. The molecule has 1 saturated carbocycles. The van der Waals surface area contributed by atoms with Gasteiger partial charge in [-0.05, 0) is 54.2 Å². The Hall–Kier alpha value is -7.11. The number of aliphatic hydroxyl groups is 1. The molecule has 0 spiro atoms. The SMILES string of the molecule is CCCN(CCO)C(=O)C1=Cc2ccc(C3(C(=O)Nc4cnc5c(c4)CN(C(=O)CCOCCOCCOCNC(=O)CNC(=O)[C@H](Cc4ccccc4)NC(=O)CNC(=O)CN)CC5)CC3)cc2N=C(N)C1. The number of carbonyl (C=O) groups excluding carboxylic acids is 7. The Morgan fingerprint density at radius 1 is 0.877 bits per heavy atom. The third kappa shape index (κ3) is 16.5. The lowest BCUT2D eigenvalue weighted by molar-refractivity contribution is -0.133. The summed E-state index contributed by atoms with van der Waals surface area (Å²) in [6.45, 7) is 3.41. The minimum Gasteiger partial charge on any atom is -0.395 e. The molecule has 2 aliphatic heterocycles. The summed E-state index contributed by atoms with van der Waals surface area (Å²) in [7, 11) is 0. The number of carbonyl (C=O) groups is 7. The summed E-state index contributed by atoms with van der Waals surface area (Å²) in [6, 6.07) is 15.5. The number of aliphatic imine (C=N–C) groups is 1. The van der Waals surface area contributed by atoms with Crippen LogP contribution in [0.1, 0.15) is 67.0 Å². The molecule has 7 amide bonds. The smallest absolute Gasteiger partial charge is 0.250 e. The van der Waals surface area contributed by atoms with Crippen LogP contribution in [0.4, 0.5) is 11.4 Å². The van der Waals surface area contributed by atoms with Crippen molar-refractivity contribution in [3.05, 3.63) is 94.3 Å². The average molecular weight is 1010 g/mol. The van der Waals surface area contributed by atoms with Gasteiger partial charge in [0.2, 0.25) is 41.4 Å². The molecule has 3 heterocycles. The number of amidine groups is 1. The van der Waals surface area contributed by atoms with Crippen LogP contribution in [0.15, 0.2) is 71.4 Å². The number of fused-ring (bicyclic) bond motifs is 2. The molecule has 3 aliphatic rings. The van der Waals surface area contributed by atoms with Crippen molar-refractivity contribution < 1.29 is 52.9 Å². The number of aromatic nitrogens is 1. The second-order valence-corrected chi connectivity index (χ2v) is 17.8. The standard InChI is InChI=1S/C51H67N11O11/c1-2-14-61(16-17-63)49(69)36-24-35-8-9-38(27-41(35)59-43(53)26-36)51(12-13-51)50(70)58-39-25-37-32-62(15-10-40(37)54-29-39)47(67)11-18-71-19-20-72-21-22-73-33-57-45(65)30-56-48(68)42(23-34-6-4-3-5-7-34)60-46(66)31-55-44(64)28-52/h3-9,24-25,27,29,42,63H,2,10-23,26,28,30-33,52H2,1H3,(H2,53,59)(H,55,64)(H,56,68)(H,57,65)(H,58,70)(H,60,66)/t42-/m0/s1. The van der Waals surface area contributed by atoms with Crippen molar-refractivity contribution in [2.24, 2.45) is 16.5 Å². The molecular weight excluding hydrogens is 943 g/mol. The van der Waals surface area contributed by atoms with Gasteiger partial charge in [-0.15, -0.1) is 0 Å². The quantitative estimate of drug-likeness (QED) is 0.0353. The van der Waals surface area contributed by atoms with E-state index in [9.17, 15) is 38.7 Å². The molecule has 392 valence electrons. The average Bonchev–Trinajstić information content (AvgIpc) is 4.23. The summed E-state index contributed by atoms with van der Waals surface area (Å²) in [6.07, 6.45) is 6.55. The summed E-state index contributed by atoms with van der Waals surface area (Å²) in [4.78, 5) is 102. The molecule has 0 saturated heterocycles. The number of anilines is 1. The zero-order chi connectivity index (χ0) is 52.2. The van der Waals surface area contributed by atoms with Gasteiger partial charge in [0.15, 0.2) is 0 Å². The Labute approximate surface area is 424 Å². The molecule has 1 fully saturated rings. The Morgan fingerprint density at radius 3 is 2.34 bits per heavy atom. The van der Waals surface area contributed by atoms with Gasteiger partial charge in [0.25, 0.3) is 0 Å². The molecule has 1 atom stereocenters. The van der Waals surface area contributed by atoms with Crippen LogP contribution in [0.3, 0.4) is 0 Å². The number of hydrogen-bond acceptors (Lipinski definition) is 15. The zero-order valence-electron chi connectivity index (χ0n) is 41.3. The van der Waals surface area contributed by atoms with E-state index in [-0.39, 0.29) is 115 Å². The first kappa shape index (κ1) is 55.2. The fourth-order valence-electron chi connectivity index (χ4n) is 8.33. The van der Waals surface area contributed by atoms with Crippen LogP contribution in [0.25, 0.3) is 6.08 Å². The van der Waals surface area contributed by atoms with Gasteiger partial charge in [0.05, 0.1) is 88.7 Å². The molecular formula is C51H67N11O11. The van der Waals surface area contributed by atoms with Crippen LogP contribution in [0.2, 0.25) is 0 Å². The number of amides is 7. The van der Waals surface area contributed by atoms with Crippen molar-refractivity contribution in [2.75, 3.05) is 91.0 Å². The number of hydrogen-bond donors (Lipinski definition) is 8. The molecule has 0 bridgehead atoms. The van der Waals surface area contributed by atoms with Crippen LogP contribution < -0.4 is 38.1 Å². The first-order valence-electron chi connectivity index (χ1n) is 24.5. The van der Waals surface area contributed by atoms with E-state index in [4.69, 9.17) is 25.7 Å². The van der Waals surface area contributed by atoms with E-state index < -0.39 is 35.1 Å². The largest absolute Gasteiger partial charge is 0.395 e. The van der Waals surface area contributed by atoms with Crippen LogP contribution >= 0.6 is 0 Å². The molecule has 10 N–H and O–H groups in total. The molecule has 6 rings (SSSR count). The molecule has 1 aliphatic carbocycles. The lowest BCUT2D eigenvalue weighted by atomic mass is 9.92. The summed E-state index contributed by atoms with van der Waals surface area (Å²) in [5.41, 5.74) is 16.4. The predicted octanol–water partition coefficient (Wildman–Crippen LogP) is 0.0755. The molecule has 3 aromatic rings. The first-order valence-corrected chi connectivity index (χ1v) is 24.5. The molecule has 73 heavy (non-hydrogen) atoms. The van der Waals surface area contributed by atoms with Crippen molar-refractivity contribution in [1.29, 1.82) is 0 Å². The molecule has 22 heteroatoms. The fraction of sp³-hybridized carbons (Fsp3) is 0.471. The van der Waals surface area contributed by atoms with Crippen molar-refractivity contribution in [1.82, 2.24) is 36.1 Å². The molecule has 22 nitrogen and oxygen atoms in total. The lowest BCUT2D eigenvalue weighted by Crippen LogP contribution is -2.52. The first-order chi connectivity index (χ1) is 35.3.